The lowest BCUT2D eigenvalue weighted by Gasteiger charge is -2.41. The van der Waals surface area contributed by atoms with E-state index >= 15 is 0 Å². The second-order valence-corrected chi connectivity index (χ2v) is 10.2. The van der Waals surface area contributed by atoms with Gasteiger partial charge in [-0.1, -0.05) is 24.3 Å². The Morgan fingerprint density at radius 3 is 2.37 bits per heavy atom. The highest BCUT2D eigenvalue weighted by atomic mass is 19.4. The number of hydrogen-bond donors (Lipinski definition) is 3. The molecule has 0 saturated carbocycles. The van der Waals surface area contributed by atoms with Crippen molar-refractivity contribution < 1.29 is 32.2 Å². The molecule has 1 saturated heterocycles. The van der Waals surface area contributed by atoms with Gasteiger partial charge >= 0.3 is 12.2 Å². The van der Waals surface area contributed by atoms with Crippen molar-refractivity contribution >= 4 is 11.9 Å². The number of nitrogens with one attached hydrogen (secondary N) is 3. The molecule has 5 aliphatic rings. The summed E-state index contributed by atoms with van der Waals surface area (Å²) in [5, 5.41) is 9.41. The number of halogens is 3. The van der Waals surface area contributed by atoms with Crippen LogP contribution >= 0.6 is 0 Å². The van der Waals surface area contributed by atoms with Crippen LogP contribution in [0.5, 0.6) is 11.8 Å². The molecule has 13 heteroatoms. The van der Waals surface area contributed by atoms with Gasteiger partial charge in [-0.25, -0.2) is 0 Å². The van der Waals surface area contributed by atoms with Gasteiger partial charge in [-0.2, -0.15) is 28.1 Å². The van der Waals surface area contributed by atoms with Gasteiger partial charge in [0.05, 0.1) is 25.2 Å². The zero-order valence-electron chi connectivity index (χ0n) is 22.3. The molecule has 10 nitrogen and oxygen atoms in total. The summed E-state index contributed by atoms with van der Waals surface area (Å²) in [6.45, 7) is 2.51. The number of alkyl halides is 3. The van der Waals surface area contributed by atoms with Gasteiger partial charge in [0.2, 0.25) is 5.95 Å². The maximum Gasteiger partial charge on any atom is 0.422 e. The predicted octanol–water partition coefficient (Wildman–Crippen LogP) is 3.13. The first-order valence-electron chi connectivity index (χ1n) is 13.3. The summed E-state index contributed by atoms with van der Waals surface area (Å²) in [6.07, 6.45) is -3.58. The van der Waals surface area contributed by atoms with Crippen molar-refractivity contribution in [3.8, 4) is 11.8 Å². The van der Waals surface area contributed by atoms with Crippen LogP contribution in [0, 0.1) is 5.41 Å². The van der Waals surface area contributed by atoms with Crippen LogP contribution in [0.1, 0.15) is 33.7 Å². The fourth-order valence-electron chi connectivity index (χ4n) is 4.34. The number of ether oxygens (including phenoxy) is 3. The number of amides is 1. The van der Waals surface area contributed by atoms with Gasteiger partial charge in [-0.3, -0.25) is 4.79 Å². The Labute approximate surface area is 235 Å². The van der Waals surface area contributed by atoms with E-state index in [2.05, 4.69) is 30.9 Å². The normalized spacial score (nSPS) is 18.0. The van der Waals surface area contributed by atoms with Gasteiger partial charge < -0.3 is 30.2 Å². The summed E-state index contributed by atoms with van der Waals surface area (Å²) in [4.78, 5) is 25.0. The highest BCUT2D eigenvalue weighted by molar-refractivity contribution is 5.94. The number of hydrogen-bond acceptors (Lipinski definition) is 9. The second kappa shape index (κ2) is 12.7. The number of nitrogens with zero attached hydrogens (tertiary/aromatic N) is 3. The van der Waals surface area contributed by atoms with E-state index in [1.807, 2.05) is 24.3 Å². The zero-order chi connectivity index (χ0) is 28.7. The van der Waals surface area contributed by atoms with Crippen molar-refractivity contribution in [2.75, 3.05) is 51.4 Å². The molecular formula is C28H31F3N6O4. The Morgan fingerprint density at radius 2 is 1.66 bits per heavy atom. The van der Waals surface area contributed by atoms with E-state index in [1.165, 1.54) is 0 Å². The zero-order valence-corrected chi connectivity index (χ0v) is 22.3. The van der Waals surface area contributed by atoms with Crippen LogP contribution in [0.3, 0.4) is 0 Å². The number of carbonyl (C=O) groups excluding carboxylic acids is 1. The molecule has 0 atom stereocenters. The van der Waals surface area contributed by atoms with Crippen LogP contribution in [-0.2, 0) is 17.7 Å². The summed E-state index contributed by atoms with van der Waals surface area (Å²) in [5.41, 5.74) is 2.05. The summed E-state index contributed by atoms with van der Waals surface area (Å²) >= 11 is 0. The predicted molar refractivity (Wildman–Crippen MR) is 143 cm³/mol. The summed E-state index contributed by atoms with van der Waals surface area (Å²) in [6, 6.07) is 14.0. The van der Waals surface area contributed by atoms with Crippen molar-refractivity contribution in [2.24, 2.45) is 5.41 Å². The van der Waals surface area contributed by atoms with Crippen LogP contribution < -0.4 is 25.4 Å². The molecule has 6 bridgehead atoms. The van der Waals surface area contributed by atoms with E-state index in [4.69, 9.17) is 14.2 Å². The lowest BCUT2D eigenvalue weighted by atomic mass is 9.87. The number of anilines is 1. The first kappa shape index (κ1) is 28.6. The number of carbonyl (C=O) groups is 1. The van der Waals surface area contributed by atoms with Gasteiger partial charge in [-0.05, 0) is 48.4 Å². The van der Waals surface area contributed by atoms with Gasteiger partial charge in [-0.15, -0.1) is 0 Å². The third-order valence-corrected chi connectivity index (χ3v) is 6.66. The van der Waals surface area contributed by atoms with E-state index in [9.17, 15) is 18.0 Å². The van der Waals surface area contributed by atoms with Crippen molar-refractivity contribution in [1.82, 2.24) is 25.6 Å². The standard InChI is InChI=1S/C28H31F3N6O4/c29-28(30,31)18-41-26-36-23-12-19-2-6-21(7-3-19)24(38)33-11-1-10-32-14-27(15-39-16-27)17-40-22-8-4-20(5-9-22)13-34-25(35-23)37-26/h2-9,32H,1,10-18H2,(H,33,38)(H,34,35,36,37). The first-order chi connectivity index (χ1) is 19.8. The molecule has 0 unspecified atom stereocenters. The highest BCUT2D eigenvalue weighted by Crippen LogP contribution is 2.28. The molecular weight excluding hydrogens is 541 g/mol. The molecule has 1 amide bonds. The van der Waals surface area contributed by atoms with Crippen LogP contribution in [0.15, 0.2) is 48.5 Å². The molecule has 2 aromatic carbocycles. The summed E-state index contributed by atoms with van der Waals surface area (Å²) in [7, 11) is 0. The number of benzene rings is 2. The second-order valence-electron chi connectivity index (χ2n) is 10.2. The molecule has 5 aliphatic heterocycles. The Morgan fingerprint density at radius 1 is 0.902 bits per heavy atom. The van der Waals surface area contributed by atoms with E-state index in [1.54, 1.807) is 24.3 Å². The summed E-state index contributed by atoms with van der Waals surface area (Å²) in [5.74, 6) is 0.825. The van der Waals surface area contributed by atoms with E-state index in [0.717, 1.165) is 30.6 Å². The van der Waals surface area contributed by atoms with E-state index < -0.39 is 18.8 Å². The van der Waals surface area contributed by atoms with Crippen LogP contribution in [0.4, 0.5) is 19.1 Å². The topological polar surface area (TPSA) is 120 Å². The Balaban J connectivity index is 1.35. The maximum atomic E-state index is 12.8. The fourth-order valence-corrected chi connectivity index (χ4v) is 4.34. The largest absolute Gasteiger partial charge is 0.493 e. The quantitative estimate of drug-likeness (QED) is 0.426. The van der Waals surface area contributed by atoms with Crippen LogP contribution in [0.25, 0.3) is 0 Å². The number of aromatic nitrogens is 3. The van der Waals surface area contributed by atoms with Crippen LogP contribution in [0.2, 0.25) is 0 Å². The van der Waals surface area contributed by atoms with Crippen molar-refractivity contribution in [1.29, 1.82) is 0 Å². The molecule has 0 aliphatic carbocycles. The fraction of sp³-hybridized carbons (Fsp3) is 0.429. The van der Waals surface area contributed by atoms with E-state index in [-0.39, 0.29) is 29.5 Å². The van der Waals surface area contributed by atoms with Crippen molar-refractivity contribution in [3.63, 3.8) is 0 Å². The molecule has 41 heavy (non-hydrogen) atoms. The molecule has 3 aromatic rings. The number of rotatable bonds is 2. The van der Waals surface area contributed by atoms with Gasteiger partial charge in [0.25, 0.3) is 5.91 Å². The average molecular weight is 573 g/mol. The molecule has 1 spiro atoms. The minimum Gasteiger partial charge on any atom is -0.493 e. The molecule has 8 rings (SSSR count). The Kier molecular flexibility index (Phi) is 8.84. The van der Waals surface area contributed by atoms with Crippen molar-refractivity contribution in [3.05, 3.63) is 71.0 Å². The third-order valence-electron chi connectivity index (χ3n) is 6.66. The van der Waals surface area contributed by atoms with Gasteiger partial charge in [0.15, 0.2) is 6.61 Å². The van der Waals surface area contributed by atoms with Crippen molar-refractivity contribution in [2.45, 2.75) is 25.6 Å². The third kappa shape index (κ3) is 8.27. The molecule has 6 heterocycles. The smallest absolute Gasteiger partial charge is 0.422 e. The lowest BCUT2D eigenvalue weighted by Crippen LogP contribution is -2.53. The molecule has 1 fully saturated rings. The Hall–Kier alpha value is -3.97. The Bertz CT molecular complexity index is 1320. The molecule has 3 N–H and O–H groups in total. The van der Waals surface area contributed by atoms with E-state index in [0.29, 0.717) is 44.2 Å². The minimum atomic E-state index is -4.54. The lowest BCUT2D eigenvalue weighted by molar-refractivity contribution is -0.154. The van der Waals surface area contributed by atoms with Gasteiger partial charge in [0.1, 0.15) is 11.6 Å². The average Bonchev–Trinajstić information content (AvgIpc) is 2.93. The maximum absolute atomic E-state index is 12.8. The minimum absolute atomic E-state index is 0.0809. The highest BCUT2D eigenvalue weighted by Gasteiger charge is 2.39. The SMILES string of the molecule is O=C1NCCCNCC2(COC2)COc2ccc(cc2)CNc2nc(nc(OCC(F)(F)F)n2)Cc2ccc1cc2. The monoisotopic (exact) mass is 572 g/mol. The molecule has 0 radical (unpaired) electrons. The summed E-state index contributed by atoms with van der Waals surface area (Å²) < 4.78 is 54.7. The van der Waals surface area contributed by atoms with Gasteiger partial charge in [0, 0.05) is 31.6 Å². The molecule has 218 valence electrons. The van der Waals surface area contributed by atoms with Crippen LogP contribution in [-0.4, -0.2) is 73.1 Å². The first-order valence-corrected chi connectivity index (χ1v) is 13.3. The molecule has 1 aromatic heterocycles.